The summed E-state index contributed by atoms with van der Waals surface area (Å²) in [5, 5.41) is 2.69. The number of methoxy groups -OCH3 is 1. The lowest BCUT2D eigenvalue weighted by Gasteiger charge is -2.21. The highest BCUT2D eigenvalue weighted by Gasteiger charge is 2.28. The van der Waals surface area contributed by atoms with Crippen LogP contribution < -0.4 is 10.1 Å². The summed E-state index contributed by atoms with van der Waals surface area (Å²) in [6.07, 6.45) is 0. The molecule has 0 bridgehead atoms. The highest BCUT2D eigenvalue weighted by atomic mass is 32.2. The lowest BCUT2D eigenvalue weighted by atomic mass is 10.2. The van der Waals surface area contributed by atoms with E-state index in [4.69, 9.17) is 4.74 Å². The Morgan fingerprint density at radius 1 is 1.16 bits per heavy atom. The lowest BCUT2D eigenvalue weighted by molar-refractivity contribution is -0.116. The van der Waals surface area contributed by atoms with Crippen molar-refractivity contribution in [2.45, 2.75) is 18.7 Å². The molecule has 0 spiro atoms. The number of nitrogens with zero attached hydrogens (tertiary/aromatic N) is 1. The van der Waals surface area contributed by atoms with Crippen molar-refractivity contribution >= 4 is 21.6 Å². The molecule has 7 heteroatoms. The fraction of sp³-hybridized carbons (Fsp3) is 0.278. The molecule has 0 aliphatic carbocycles. The Bertz CT molecular complexity index is 835. The van der Waals surface area contributed by atoms with Crippen LogP contribution in [0.25, 0.3) is 0 Å². The standard InChI is InChI=1S/C18H22N2O4S/c1-4-20(13-18(21)19-15-8-6-5-7-9-15)25(22,23)17-12-14(2)10-11-16(17)24-3/h5-12H,4,13H2,1-3H3,(H,19,21). The smallest absolute Gasteiger partial charge is 0.247 e. The van der Waals surface area contributed by atoms with Crippen LogP contribution in [0.2, 0.25) is 0 Å². The van der Waals surface area contributed by atoms with Crippen molar-refractivity contribution in [1.82, 2.24) is 4.31 Å². The van der Waals surface area contributed by atoms with Crippen LogP contribution in [-0.4, -0.2) is 38.8 Å². The van der Waals surface area contributed by atoms with E-state index in [-0.39, 0.29) is 23.7 Å². The predicted octanol–water partition coefficient (Wildman–Crippen LogP) is 2.65. The maximum absolute atomic E-state index is 12.9. The minimum atomic E-state index is -3.86. The largest absolute Gasteiger partial charge is 0.495 e. The summed E-state index contributed by atoms with van der Waals surface area (Å²) in [4.78, 5) is 12.3. The van der Waals surface area contributed by atoms with Gasteiger partial charge in [-0.1, -0.05) is 31.2 Å². The van der Waals surface area contributed by atoms with Gasteiger partial charge in [-0.2, -0.15) is 4.31 Å². The number of benzene rings is 2. The first kappa shape index (κ1) is 19.0. The van der Waals surface area contributed by atoms with Gasteiger partial charge in [0.1, 0.15) is 10.6 Å². The first-order valence-electron chi connectivity index (χ1n) is 7.88. The number of carbonyl (C=O) groups excluding carboxylic acids is 1. The van der Waals surface area contributed by atoms with Crippen molar-refractivity contribution in [3.05, 3.63) is 54.1 Å². The normalized spacial score (nSPS) is 11.4. The molecule has 0 atom stereocenters. The van der Waals surface area contributed by atoms with Gasteiger partial charge in [-0.3, -0.25) is 4.79 Å². The first-order valence-corrected chi connectivity index (χ1v) is 9.32. The quantitative estimate of drug-likeness (QED) is 0.822. The minimum absolute atomic E-state index is 0.0596. The molecule has 0 heterocycles. The van der Waals surface area contributed by atoms with Gasteiger partial charge in [0.2, 0.25) is 15.9 Å². The Morgan fingerprint density at radius 3 is 2.44 bits per heavy atom. The van der Waals surface area contributed by atoms with E-state index in [1.165, 1.54) is 7.11 Å². The number of nitrogens with one attached hydrogen (secondary N) is 1. The number of sulfonamides is 1. The summed E-state index contributed by atoms with van der Waals surface area (Å²) in [5.41, 5.74) is 1.42. The monoisotopic (exact) mass is 362 g/mol. The molecule has 1 amide bonds. The van der Waals surface area contributed by atoms with Crippen LogP contribution >= 0.6 is 0 Å². The average molecular weight is 362 g/mol. The molecule has 0 aliphatic heterocycles. The zero-order chi connectivity index (χ0) is 18.4. The van der Waals surface area contributed by atoms with E-state index in [0.29, 0.717) is 5.69 Å². The molecule has 0 fully saturated rings. The number of rotatable bonds is 7. The highest BCUT2D eigenvalue weighted by Crippen LogP contribution is 2.27. The van der Waals surface area contributed by atoms with Crippen molar-refractivity contribution in [3.63, 3.8) is 0 Å². The second-order valence-corrected chi connectivity index (χ2v) is 7.41. The van der Waals surface area contributed by atoms with Crippen LogP contribution in [-0.2, 0) is 14.8 Å². The van der Waals surface area contributed by atoms with Crippen molar-refractivity contribution in [1.29, 1.82) is 0 Å². The molecular weight excluding hydrogens is 340 g/mol. The summed E-state index contributed by atoms with van der Waals surface area (Å²) in [5.74, 6) is -0.143. The van der Waals surface area contributed by atoms with E-state index >= 15 is 0 Å². The summed E-state index contributed by atoms with van der Waals surface area (Å²) in [7, 11) is -2.44. The molecule has 0 saturated heterocycles. The fourth-order valence-corrected chi connectivity index (χ4v) is 4.02. The lowest BCUT2D eigenvalue weighted by Crippen LogP contribution is -2.38. The summed E-state index contributed by atoms with van der Waals surface area (Å²) in [6.45, 7) is 3.39. The Labute approximate surface area is 148 Å². The summed E-state index contributed by atoms with van der Waals surface area (Å²) >= 11 is 0. The molecule has 25 heavy (non-hydrogen) atoms. The van der Waals surface area contributed by atoms with Crippen molar-refractivity contribution in [3.8, 4) is 5.75 Å². The maximum Gasteiger partial charge on any atom is 0.247 e. The fourth-order valence-electron chi connectivity index (χ4n) is 2.37. The van der Waals surface area contributed by atoms with Gasteiger partial charge in [0.05, 0.1) is 13.7 Å². The topological polar surface area (TPSA) is 75.7 Å². The Kier molecular flexibility index (Phi) is 6.17. The number of hydrogen-bond donors (Lipinski definition) is 1. The van der Waals surface area contributed by atoms with Crippen LogP contribution in [0, 0.1) is 6.92 Å². The van der Waals surface area contributed by atoms with Crippen molar-refractivity contribution < 1.29 is 17.9 Å². The zero-order valence-corrected chi connectivity index (χ0v) is 15.3. The van der Waals surface area contributed by atoms with Crippen LogP contribution in [0.15, 0.2) is 53.4 Å². The molecule has 0 saturated carbocycles. The number of ether oxygens (including phenoxy) is 1. The van der Waals surface area contributed by atoms with E-state index in [1.54, 1.807) is 56.3 Å². The molecule has 0 unspecified atom stereocenters. The number of carbonyl (C=O) groups is 1. The number of para-hydroxylation sites is 1. The van der Waals surface area contributed by atoms with E-state index < -0.39 is 15.9 Å². The number of anilines is 1. The van der Waals surface area contributed by atoms with Gasteiger partial charge in [-0.05, 0) is 36.8 Å². The van der Waals surface area contributed by atoms with E-state index in [0.717, 1.165) is 9.87 Å². The van der Waals surface area contributed by atoms with Gasteiger partial charge in [0, 0.05) is 12.2 Å². The SMILES string of the molecule is CCN(CC(=O)Nc1ccccc1)S(=O)(=O)c1cc(C)ccc1OC. The van der Waals surface area contributed by atoms with Crippen molar-refractivity contribution in [2.24, 2.45) is 0 Å². The number of amides is 1. The van der Waals surface area contributed by atoms with Gasteiger partial charge in [0.25, 0.3) is 0 Å². The third kappa shape index (κ3) is 4.58. The van der Waals surface area contributed by atoms with Crippen LogP contribution in [0.5, 0.6) is 5.75 Å². The zero-order valence-electron chi connectivity index (χ0n) is 14.5. The molecule has 0 aliphatic rings. The van der Waals surface area contributed by atoms with Crippen molar-refractivity contribution in [2.75, 3.05) is 25.5 Å². The first-order chi connectivity index (χ1) is 11.9. The molecule has 2 aromatic carbocycles. The molecule has 0 radical (unpaired) electrons. The molecule has 1 N–H and O–H groups in total. The maximum atomic E-state index is 12.9. The Hall–Kier alpha value is -2.38. The minimum Gasteiger partial charge on any atom is -0.495 e. The van der Waals surface area contributed by atoms with Crippen LogP contribution in [0.4, 0.5) is 5.69 Å². The van der Waals surface area contributed by atoms with Gasteiger partial charge in [0.15, 0.2) is 0 Å². The van der Waals surface area contributed by atoms with E-state index in [9.17, 15) is 13.2 Å². The summed E-state index contributed by atoms with van der Waals surface area (Å²) < 4.78 is 32.2. The number of aryl methyl sites for hydroxylation is 1. The third-order valence-electron chi connectivity index (χ3n) is 3.67. The molecular formula is C18H22N2O4S. The molecule has 2 rings (SSSR count). The molecule has 2 aromatic rings. The predicted molar refractivity (Wildman–Crippen MR) is 97.2 cm³/mol. The summed E-state index contributed by atoms with van der Waals surface area (Å²) in [6, 6.07) is 13.8. The van der Waals surface area contributed by atoms with Crippen LogP contribution in [0.3, 0.4) is 0 Å². The Balaban J connectivity index is 2.24. The van der Waals surface area contributed by atoms with Crippen LogP contribution in [0.1, 0.15) is 12.5 Å². The second-order valence-electron chi connectivity index (χ2n) is 5.50. The molecule has 6 nitrogen and oxygen atoms in total. The number of hydrogen-bond acceptors (Lipinski definition) is 4. The Morgan fingerprint density at radius 2 is 1.84 bits per heavy atom. The second kappa shape index (κ2) is 8.13. The van der Waals surface area contributed by atoms with Gasteiger partial charge < -0.3 is 10.1 Å². The van der Waals surface area contributed by atoms with E-state index in [1.807, 2.05) is 6.07 Å². The van der Waals surface area contributed by atoms with Gasteiger partial charge >= 0.3 is 0 Å². The molecule has 0 aromatic heterocycles. The average Bonchev–Trinajstić information content (AvgIpc) is 2.60. The van der Waals surface area contributed by atoms with Gasteiger partial charge in [-0.25, -0.2) is 8.42 Å². The van der Waals surface area contributed by atoms with E-state index in [2.05, 4.69) is 5.32 Å². The third-order valence-corrected chi connectivity index (χ3v) is 5.61. The number of likely N-dealkylation sites (N-methyl/N-ethyl adjacent to an activating group) is 1. The van der Waals surface area contributed by atoms with Gasteiger partial charge in [-0.15, -0.1) is 0 Å². The highest BCUT2D eigenvalue weighted by molar-refractivity contribution is 7.89. The molecule has 134 valence electrons.